The van der Waals surface area contributed by atoms with Gasteiger partial charge in [0.25, 0.3) is 0 Å². The van der Waals surface area contributed by atoms with E-state index in [0.29, 0.717) is 0 Å². The van der Waals surface area contributed by atoms with Crippen LogP contribution in [0, 0.1) is 0 Å². The molecule has 0 aliphatic rings. The van der Waals surface area contributed by atoms with E-state index in [4.69, 9.17) is 5.11 Å². The van der Waals surface area contributed by atoms with Crippen LogP contribution in [0.4, 0.5) is 4.39 Å². The zero-order valence-corrected chi connectivity index (χ0v) is 3.61. The van der Waals surface area contributed by atoms with Crippen LogP contribution in [0.3, 0.4) is 0 Å². The SMILES string of the molecule is C/C=C(\F)CO. The number of aliphatic hydroxyl groups excluding tert-OH is 1. The number of hydrogen-bond donors (Lipinski definition) is 1. The van der Waals surface area contributed by atoms with E-state index < -0.39 is 12.4 Å². The van der Waals surface area contributed by atoms with Crippen LogP contribution in [-0.2, 0) is 0 Å². The Hall–Kier alpha value is -0.370. The Bertz CT molecular complexity index is 58.6. The van der Waals surface area contributed by atoms with Crippen LogP contribution in [0.1, 0.15) is 6.92 Å². The molecule has 0 radical (unpaired) electrons. The molecule has 0 saturated heterocycles. The van der Waals surface area contributed by atoms with Gasteiger partial charge in [-0.3, -0.25) is 0 Å². The highest BCUT2D eigenvalue weighted by atomic mass is 19.1. The summed E-state index contributed by atoms with van der Waals surface area (Å²) in [6.07, 6.45) is 1.22. The molecule has 1 nitrogen and oxygen atoms in total. The molecule has 0 aliphatic carbocycles. The second-order valence-electron chi connectivity index (χ2n) is 0.894. The lowest BCUT2D eigenvalue weighted by atomic mass is 10.5. The first-order valence-electron chi connectivity index (χ1n) is 1.72. The highest BCUT2D eigenvalue weighted by Crippen LogP contribution is 1.89. The second-order valence-corrected chi connectivity index (χ2v) is 0.894. The van der Waals surface area contributed by atoms with Gasteiger partial charge in [-0.25, -0.2) is 4.39 Å². The standard InChI is InChI=1S/C4H7FO/c1-2-4(5)3-6/h2,6H,3H2,1H3/b4-2-. The molecule has 0 aromatic rings. The maximum atomic E-state index is 11.5. The van der Waals surface area contributed by atoms with Gasteiger partial charge in [0.2, 0.25) is 0 Å². The van der Waals surface area contributed by atoms with E-state index in [-0.39, 0.29) is 0 Å². The molecule has 0 amide bonds. The lowest BCUT2D eigenvalue weighted by Gasteiger charge is -1.79. The van der Waals surface area contributed by atoms with Gasteiger partial charge in [0.05, 0.1) is 6.61 Å². The largest absolute Gasteiger partial charge is 0.389 e. The summed E-state index contributed by atoms with van der Waals surface area (Å²) in [5.41, 5.74) is 0. The van der Waals surface area contributed by atoms with Crippen molar-refractivity contribution in [1.82, 2.24) is 0 Å². The molecule has 2 heteroatoms. The van der Waals surface area contributed by atoms with Gasteiger partial charge in [0, 0.05) is 0 Å². The molecule has 6 heavy (non-hydrogen) atoms. The summed E-state index contributed by atoms with van der Waals surface area (Å²) in [4.78, 5) is 0. The quantitative estimate of drug-likeness (QED) is 0.506. The fraction of sp³-hybridized carbons (Fsp3) is 0.500. The van der Waals surface area contributed by atoms with Gasteiger partial charge in [-0.2, -0.15) is 0 Å². The Morgan fingerprint density at radius 1 is 2.00 bits per heavy atom. The van der Waals surface area contributed by atoms with E-state index in [9.17, 15) is 4.39 Å². The van der Waals surface area contributed by atoms with Crippen molar-refractivity contribution in [3.8, 4) is 0 Å². The number of aliphatic hydroxyl groups is 1. The molecule has 1 N–H and O–H groups in total. The first-order chi connectivity index (χ1) is 2.81. The maximum absolute atomic E-state index is 11.5. The molecule has 0 aromatic heterocycles. The molecule has 0 heterocycles. The minimum atomic E-state index is -0.477. The van der Waals surface area contributed by atoms with Crippen molar-refractivity contribution >= 4 is 0 Å². The maximum Gasteiger partial charge on any atom is 0.121 e. The van der Waals surface area contributed by atoms with E-state index in [0.717, 1.165) is 0 Å². The van der Waals surface area contributed by atoms with Crippen molar-refractivity contribution in [1.29, 1.82) is 0 Å². The van der Waals surface area contributed by atoms with E-state index in [1.807, 2.05) is 0 Å². The van der Waals surface area contributed by atoms with Crippen LogP contribution < -0.4 is 0 Å². The Kier molecular flexibility index (Phi) is 2.67. The third kappa shape index (κ3) is 1.91. The summed E-state index contributed by atoms with van der Waals surface area (Å²) in [6, 6.07) is 0. The Balaban J connectivity index is 3.22. The smallest absolute Gasteiger partial charge is 0.121 e. The number of allylic oxidation sites excluding steroid dienone is 1. The van der Waals surface area contributed by atoms with Crippen molar-refractivity contribution in [2.45, 2.75) is 6.92 Å². The normalized spacial score (nSPS) is 12.2. The van der Waals surface area contributed by atoms with Gasteiger partial charge in [-0.15, -0.1) is 0 Å². The predicted octanol–water partition coefficient (Wildman–Crippen LogP) is 0.852. The summed E-state index contributed by atoms with van der Waals surface area (Å²) in [7, 11) is 0. The van der Waals surface area contributed by atoms with Crippen LogP contribution in [0.2, 0.25) is 0 Å². The Morgan fingerprint density at radius 2 is 2.50 bits per heavy atom. The molecule has 0 spiro atoms. The van der Waals surface area contributed by atoms with Crippen LogP contribution in [0.5, 0.6) is 0 Å². The summed E-state index contributed by atoms with van der Waals surface area (Å²) < 4.78 is 11.5. The summed E-state index contributed by atoms with van der Waals surface area (Å²) in [5, 5.41) is 7.89. The third-order valence-corrected chi connectivity index (χ3v) is 0.464. The average molecular weight is 90.1 g/mol. The van der Waals surface area contributed by atoms with Crippen molar-refractivity contribution < 1.29 is 9.50 Å². The molecule has 0 aromatic carbocycles. The van der Waals surface area contributed by atoms with E-state index >= 15 is 0 Å². The van der Waals surface area contributed by atoms with E-state index in [1.54, 1.807) is 0 Å². The molecular formula is C4H7FO. The minimum absolute atomic E-state index is 0.476. The molecule has 0 unspecified atom stereocenters. The van der Waals surface area contributed by atoms with Gasteiger partial charge in [0.1, 0.15) is 5.83 Å². The van der Waals surface area contributed by atoms with Gasteiger partial charge in [0.15, 0.2) is 0 Å². The van der Waals surface area contributed by atoms with E-state index in [1.165, 1.54) is 13.0 Å². The first-order valence-corrected chi connectivity index (χ1v) is 1.72. The topological polar surface area (TPSA) is 20.2 Å². The van der Waals surface area contributed by atoms with Crippen LogP contribution >= 0.6 is 0 Å². The Labute approximate surface area is 36.1 Å². The number of rotatable bonds is 1. The highest BCUT2D eigenvalue weighted by Gasteiger charge is 1.80. The third-order valence-electron chi connectivity index (χ3n) is 0.464. The van der Waals surface area contributed by atoms with Crippen LogP contribution in [0.15, 0.2) is 11.9 Å². The minimum Gasteiger partial charge on any atom is -0.389 e. The van der Waals surface area contributed by atoms with Gasteiger partial charge < -0.3 is 5.11 Å². The van der Waals surface area contributed by atoms with E-state index in [2.05, 4.69) is 0 Å². The van der Waals surface area contributed by atoms with Gasteiger partial charge >= 0.3 is 0 Å². The zero-order valence-electron chi connectivity index (χ0n) is 3.61. The predicted molar refractivity (Wildman–Crippen MR) is 22.0 cm³/mol. The number of halogens is 1. The fourth-order valence-electron chi connectivity index (χ4n) is 0.0913. The van der Waals surface area contributed by atoms with Crippen molar-refractivity contribution in [3.63, 3.8) is 0 Å². The van der Waals surface area contributed by atoms with Crippen molar-refractivity contribution in [2.24, 2.45) is 0 Å². The molecule has 0 aliphatic heterocycles. The lowest BCUT2D eigenvalue weighted by molar-refractivity contribution is 0.298. The summed E-state index contributed by atoms with van der Waals surface area (Å²) >= 11 is 0. The molecule has 0 saturated carbocycles. The molecular weight excluding hydrogens is 83.0 g/mol. The fourth-order valence-corrected chi connectivity index (χ4v) is 0.0913. The zero-order chi connectivity index (χ0) is 4.99. The van der Waals surface area contributed by atoms with Crippen LogP contribution in [-0.4, -0.2) is 11.7 Å². The van der Waals surface area contributed by atoms with Gasteiger partial charge in [-0.05, 0) is 6.92 Å². The Morgan fingerprint density at radius 3 is 2.50 bits per heavy atom. The van der Waals surface area contributed by atoms with Gasteiger partial charge in [-0.1, -0.05) is 6.08 Å². The highest BCUT2D eigenvalue weighted by molar-refractivity contribution is 4.86. The lowest BCUT2D eigenvalue weighted by Crippen LogP contribution is -1.77. The van der Waals surface area contributed by atoms with Crippen LogP contribution in [0.25, 0.3) is 0 Å². The monoisotopic (exact) mass is 90.0 g/mol. The van der Waals surface area contributed by atoms with Crippen molar-refractivity contribution in [3.05, 3.63) is 11.9 Å². The molecule has 0 rings (SSSR count). The summed E-state index contributed by atoms with van der Waals surface area (Å²) in [6.45, 7) is 1.06. The first kappa shape index (κ1) is 5.63. The summed E-state index contributed by atoms with van der Waals surface area (Å²) in [5.74, 6) is -0.477. The molecule has 0 fully saturated rings. The molecule has 0 atom stereocenters. The average Bonchev–Trinajstić information content (AvgIpc) is 1.65. The molecule has 36 valence electrons. The molecule has 0 bridgehead atoms. The second kappa shape index (κ2) is 2.85. The van der Waals surface area contributed by atoms with Crippen molar-refractivity contribution in [2.75, 3.05) is 6.61 Å². The number of hydrogen-bond acceptors (Lipinski definition) is 1.